The quantitative estimate of drug-likeness (QED) is 0.203. The van der Waals surface area contributed by atoms with Crippen LogP contribution in [0, 0.1) is 5.92 Å². The Labute approximate surface area is 144 Å². The fourth-order valence-corrected chi connectivity index (χ4v) is 1.87. The normalized spacial score (nSPS) is 14.4. The number of aliphatic carboxylic acids is 1. The van der Waals surface area contributed by atoms with E-state index in [1.165, 1.54) is 0 Å². The van der Waals surface area contributed by atoms with E-state index in [9.17, 15) is 19.2 Å². The van der Waals surface area contributed by atoms with Crippen LogP contribution in [-0.2, 0) is 19.2 Å². The van der Waals surface area contributed by atoms with Crippen molar-refractivity contribution in [2.24, 2.45) is 11.7 Å². The van der Waals surface area contributed by atoms with Crippen molar-refractivity contribution in [3.8, 4) is 0 Å². The van der Waals surface area contributed by atoms with Gasteiger partial charge in [-0.1, -0.05) is 13.8 Å². The second-order valence-corrected chi connectivity index (χ2v) is 5.74. The Balaban J connectivity index is 4.87. The van der Waals surface area contributed by atoms with Crippen LogP contribution in [-0.4, -0.2) is 70.9 Å². The Bertz CT molecular complexity index is 473. The minimum absolute atomic E-state index is 0.0583. The van der Waals surface area contributed by atoms with Crippen molar-refractivity contribution in [1.29, 1.82) is 0 Å². The molecule has 0 spiro atoms. The van der Waals surface area contributed by atoms with Crippen LogP contribution in [0.5, 0.6) is 0 Å². The third-order valence-electron chi connectivity index (χ3n) is 3.01. The topological polar surface area (TPSA) is 171 Å². The molecule has 3 atom stereocenters. The van der Waals surface area contributed by atoms with E-state index < -0.39 is 55.0 Å². The molecule has 0 aromatic carbocycles. The highest BCUT2D eigenvalue weighted by molar-refractivity contribution is 7.80. The Morgan fingerprint density at radius 3 is 2.08 bits per heavy atom. The van der Waals surface area contributed by atoms with E-state index in [2.05, 4.69) is 28.6 Å². The summed E-state index contributed by atoms with van der Waals surface area (Å²) in [4.78, 5) is 46.3. The maximum absolute atomic E-state index is 12.2. The van der Waals surface area contributed by atoms with Gasteiger partial charge in [-0.25, -0.2) is 0 Å². The molecule has 0 rings (SSSR count). The van der Waals surface area contributed by atoms with Crippen molar-refractivity contribution in [2.45, 2.75) is 32.0 Å². The minimum Gasteiger partial charge on any atom is -0.480 e. The summed E-state index contributed by atoms with van der Waals surface area (Å²) in [7, 11) is 0. The van der Waals surface area contributed by atoms with Gasteiger partial charge in [0.1, 0.15) is 24.7 Å². The third-order valence-corrected chi connectivity index (χ3v) is 3.37. The van der Waals surface area contributed by atoms with E-state index in [-0.39, 0.29) is 11.7 Å². The first-order chi connectivity index (χ1) is 11.1. The Morgan fingerprint density at radius 2 is 1.67 bits per heavy atom. The lowest BCUT2D eigenvalue weighted by molar-refractivity contribution is -0.138. The average molecular weight is 364 g/mol. The molecule has 0 aliphatic rings. The number of nitrogens with two attached hydrogens (primary N) is 1. The molecule has 0 aromatic rings. The summed E-state index contributed by atoms with van der Waals surface area (Å²) in [6.07, 6.45) is 0. The summed E-state index contributed by atoms with van der Waals surface area (Å²) in [5.74, 6) is -3.65. The molecule has 11 heteroatoms. The number of carboxylic acids is 1. The van der Waals surface area contributed by atoms with Crippen LogP contribution in [0.4, 0.5) is 0 Å². The fraction of sp³-hybridized carbons (Fsp3) is 0.692. The number of carbonyl (C=O) groups excluding carboxylic acids is 3. The third kappa shape index (κ3) is 7.62. The van der Waals surface area contributed by atoms with E-state index in [0.29, 0.717) is 0 Å². The zero-order valence-electron chi connectivity index (χ0n) is 13.5. The number of aliphatic hydroxyl groups excluding tert-OH is 1. The Hall–Kier alpha value is -1.85. The molecule has 0 saturated carbocycles. The van der Waals surface area contributed by atoms with Crippen LogP contribution in [0.3, 0.4) is 0 Å². The highest BCUT2D eigenvalue weighted by Gasteiger charge is 2.29. The number of aliphatic hydroxyl groups is 1. The molecular weight excluding hydrogens is 340 g/mol. The van der Waals surface area contributed by atoms with Gasteiger partial charge in [0.25, 0.3) is 0 Å². The van der Waals surface area contributed by atoms with Gasteiger partial charge < -0.3 is 31.9 Å². The summed E-state index contributed by atoms with van der Waals surface area (Å²) < 4.78 is 0. The Kier molecular flexibility index (Phi) is 10.0. The van der Waals surface area contributed by atoms with Crippen LogP contribution < -0.4 is 21.7 Å². The first-order valence-corrected chi connectivity index (χ1v) is 7.84. The lowest BCUT2D eigenvalue weighted by Crippen LogP contribution is -2.58. The van der Waals surface area contributed by atoms with E-state index in [1.807, 2.05) is 0 Å². The highest BCUT2D eigenvalue weighted by Crippen LogP contribution is 2.03. The number of hydrogen-bond donors (Lipinski definition) is 7. The number of nitrogens with one attached hydrogen (secondary N) is 3. The van der Waals surface area contributed by atoms with Gasteiger partial charge in [-0.3, -0.25) is 19.2 Å². The van der Waals surface area contributed by atoms with Crippen LogP contribution in [0.2, 0.25) is 0 Å². The van der Waals surface area contributed by atoms with Gasteiger partial charge in [-0.05, 0) is 5.92 Å². The second kappa shape index (κ2) is 10.8. The van der Waals surface area contributed by atoms with E-state index in [1.54, 1.807) is 13.8 Å². The van der Waals surface area contributed by atoms with Crippen molar-refractivity contribution < 1.29 is 29.4 Å². The van der Waals surface area contributed by atoms with Gasteiger partial charge in [-0.2, -0.15) is 12.6 Å². The van der Waals surface area contributed by atoms with E-state index in [0.717, 1.165) is 0 Å². The maximum atomic E-state index is 12.2. The van der Waals surface area contributed by atoms with Crippen molar-refractivity contribution in [1.82, 2.24) is 16.0 Å². The number of amides is 3. The zero-order chi connectivity index (χ0) is 18.9. The molecule has 0 saturated heterocycles. The highest BCUT2D eigenvalue weighted by atomic mass is 32.1. The smallest absolute Gasteiger partial charge is 0.322 e. The number of carboxylic acid groups (broad SMARTS) is 1. The Morgan fingerprint density at radius 1 is 1.08 bits per heavy atom. The predicted molar refractivity (Wildman–Crippen MR) is 88.3 cm³/mol. The molecular formula is C13H24N4O6S. The first-order valence-electron chi connectivity index (χ1n) is 7.21. The molecule has 3 unspecified atom stereocenters. The lowest BCUT2D eigenvalue weighted by Gasteiger charge is -2.25. The van der Waals surface area contributed by atoms with Crippen LogP contribution in [0.25, 0.3) is 0 Å². The van der Waals surface area contributed by atoms with Gasteiger partial charge in [-0.15, -0.1) is 0 Å². The van der Waals surface area contributed by atoms with Gasteiger partial charge >= 0.3 is 5.97 Å². The fourth-order valence-electron chi connectivity index (χ4n) is 1.62. The SMILES string of the molecule is CC(C)C(NC(=O)C(CS)NC(=O)C(N)CO)C(=O)NCC(=O)O. The molecule has 0 radical (unpaired) electrons. The molecule has 0 heterocycles. The van der Waals surface area contributed by atoms with Crippen molar-refractivity contribution >= 4 is 36.3 Å². The first kappa shape index (κ1) is 22.1. The average Bonchev–Trinajstić information content (AvgIpc) is 2.53. The van der Waals surface area contributed by atoms with Crippen LogP contribution >= 0.6 is 12.6 Å². The molecule has 24 heavy (non-hydrogen) atoms. The molecule has 0 aliphatic carbocycles. The number of thiol groups is 1. The molecule has 7 N–H and O–H groups in total. The summed E-state index contributed by atoms with van der Waals surface area (Å²) in [6.45, 7) is 2.18. The molecule has 3 amide bonds. The zero-order valence-corrected chi connectivity index (χ0v) is 14.4. The van der Waals surface area contributed by atoms with Gasteiger partial charge in [0.05, 0.1) is 6.61 Å². The summed E-state index contributed by atoms with van der Waals surface area (Å²) in [6, 6.07) is -3.23. The molecule has 0 aromatic heterocycles. The molecule has 0 fully saturated rings. The number of carbonyl (C=O) groups is 4. The van der Waals surface area contributed by atoms with Gasteiger partial charge in [0.15, 0.2) is 0 Å². The van der Waals surface area contributed by atoms with Crippen molar-refractivity contribution in [3.05, 3.63) is 0 Å². The predicted octanol–water partition coefficient (Wildman–Crippen LogP) is -2.94. The maximum Gasteiger partial charge on any atom is 0.322 e. The van der Waals surface area contributed by atoms with E-state index in [4.69, 9.17) is 15.9 Å². The monoisotopic (exact) mass is 364 g/mol. The summed E-state index contributed by atoms with van der Waals surface area (Å²) >= 11 is 3.96. The standard InChI is InChI=1S/C13H24N4O6S/c1-6(2)10(13(23)15-3-9(19)20)17-12(22)8(5-24)16-11(21)7(14)4-18/h6-8,10,18,24H,3-5,14H2,1-2H3,(H,15,23)(H,16,21)(H,17,22)(H,19,20). The molecule has 0 bridgehead atoms. The van der Waals surface area contributed by atoms with Crippen molar-refractivity contribution in [3.63, 3.8) is 0 Å². The lowest BCUT2D eigenvalue weighted by atomic mass is 10.0. The molecule has 10 nitrogen and oxygen atoms in total. The van der Waals surface area contributed by atoms with Crippen molar-refractivity contribution in [2.75, 3.05) is 18.9 Å². The molecule has 0 aliphatic heterocycles. The summed E-state index contributed by atoms with van der Waals surface area (Å²) in [5.41, 5.74) is 5.35. The van der Waals surface area contributed by atoms with Crippen LogP contribution in [0.1, 0.15) is 13.8 Å². The number of rotatable bonds is 10. The van der Waals surface area contributed by atoms with Gasteiger partial charge in [0, 0.05) is 5.75 Å². The summed E-state index contributed by atoms with van der Waals surface area (Å²) in [5, 5.41) is 24.3. The number of hydrogen-bond acceptors (Lipinski definition) is 7. The second-order valence-electron chi connectivity index (χ2n) is 5.37. The van der Waals surface area contributed by atoms with Crippen LogP contribution in [0.15, 0.2) is 0 Å². The minimum atomic E-state index is -1.21. The molecule has 138 valence electrons. The largest absolute Gasteiger partial charge is 0.480 e. The van der Waals surface area contributed by atoms with E-state index >= 15 is 0 Å². The van der Waals surface area contributed by atoms with Gasteiger partial charge in [0.2, 0.25) is 17.7 Å².